The predicted molar refractivity (Wildman–Crippen MR) is 61.9 cm³/mol. The summed E-state index contributed by atoms with van der Waals surface area (Å²) in [6.07, 6.45) is 6.65. The minimum atomic E-state index is 0.628. The van der Waals surface area contributed by atoms with E-state index in [4.69, 9.17) is 11.6 Å². The Morgan fingerprint density at radius 2 is 1.79 bits per heavy atom. The van der Waals surface area contributed by atoms with Crippen LogP contribution in [0.1, 0.15) is 32.1 Å². The molecule has 0 spiro atoms. The number of hydrogen-bond acceptors (Lipinski definition) is 1. The summed E-state index contributed by atoms with van der Waals surface area (Å²) in [5.74, 6) is 0. The molecule has 1 aromatic rings. The van der Waals surface area contributed by atoms with Crippen molar-refractivity contribution in [3.8, 4) is 0 Å². The van der Waals surface area contributed by atoms with Crippen LogP contribution >= 0.6 is 11.6 Å². The summed E-state index contributed by atoms with van der Waals surface area (Å²) >= 11 is 6.08. The third-order valence-corrected chi connectivity index (χ3v) is 3.17. The van der Waals surface area contributed by atoms with Crippen molar-refractivity contribution in [2.45, 2.75) is 38.1 Å². The maximum Gasteiger partial charge on any atom is 0.0637 e. The normalized spacial score (nSPS) is 18.1. The fraction of sp³-hybridized carbons (Fsp3) is 0.500. The lowest BCUT2D eigenvalue weighted by molar-refractivity contribution is 0.463. The zero-order chi connectivity index (χ0) is 9.80. The van der Waals surface area contributed by atoms with Crippen molar-refractivity contribution >= 4 is 17.3 Å². The lowest BCUT2D eigenvalue weighted by Gasteiger charge is -2.24. The molecule has 1 saturated carbocycles. The van der Waals surface area contributed by atoms with Gasteiger partial charge in [-0.3, -0.25) is 0 Å². The second-order valence-corrected chi connectivity index (χ2v) is 4.37. The molecule has 0 amide bonds. The van der Waals surface area contributed by atoms with Gasteiger partial charge in [-0.1, -0.05) is 43.0 Å². The van der Waals surface area contributed by atoms with Crippen LogP contribution in [0.3, 0.4) is 0 Å². The van der Waals surface area contributed by atoms with Crippen LogP contribution in [0.4, 0.5) is 5.69 Å². The summed E-state index contributed by atoms with van der Waals surface area (Å²) in [6.45, 7) is 0. The predicted octanol–water partition coefficient (Wildman–Crippen LogP) is 4.08. The van der Waals surface area contributed by atoms with Crippen molar-refractivity contribution in [2.75, 3.05) is 5.32 Å². The number of benzene rings is 1. The molecule has 0 aliphatic heterocycles. The summed E-state index contributed by atoms with van der Waals surface area (Å²) in [4.78, 5) is 0. The second kappa shape index (κ2) is 4.70. The van der Waals surface area contributed by atoms with Gasteiger partial charge >= 0.3 is 0 Å². The Bertz CT molecular complexity index is 292. The molecular weight excluding hydrogens is 194 g/mol. The Balaban J connectivity index is 1.99. The van der Waals surface area contributed by atoms with Gasteiger partial charge in [0, 0.05) is 6.04 Å². The molecular formula is C12H16ClN. The van der Waals surface area contributed by atoms with E-state index in [1.165, 1.54) is 32.1 Å². The smallest absolute Gasteiger partial charge is 0.0637 e. The van der Waals surface area contributed by atoms with Crippen LogP contribution < -0.4 is 5.32 Å². The Morgan fingerprint density at radius 3 is 2.50 bits per heavy atom. The molecule has 0 radical (unpaired) electrons. The van der Waals surface area contributed by atoms with Crippen molar-refractivity contribution in [2.24, 2.45) is 0 Å². The molecule has 1 aliphatic carbocycles. The first-order chi connectivity index (χ1) is 6.86. The second-order valence-electron chi connectivity index (χ2n) is 3.96. The first-order valence-electron chi connectivity index (χ1n) is 5.37. The van der Waals surface area contributed by atoms with Crippen molar-refractivity contribution in [3.05, 3.63) is 29.3 Å². The third kappa shape index (κ3) is 2.42. The SMILES string of the molecule is Clc1ccccc1NC1CCCCC1. The molecule has 76 valence electrons. The van der Waals surface area contributed by atoms with E-state index in [9.17, 15) is 0 Å². The maximum atomic E-state index is 6.08. The largest absolute Gasteiger partial charge is 0.381 e. The van der Waals surface area contributed by atoms with Crippen LogP contribution in [0.25, 0.3) is 0 Å². The van der Waals surface area contributed by atoms with Gasteiger partial charge < -0.3 is 5.32 Å². The van der Waals surface area contributed by atoms with Gasteiger partial charge in [-0.15, -0.1) is 0 Å². The van der Waals surface area contributed by atoms with Crippen molar-refractivity contribution in [3.63, 3.8) is 0 Å². The van der Waals surface area contributed by atoms with Crippen LogP contribution in [-0.4, -0.2) is 6.04 Å². The van der Waals surface area contributed by atoms with Gasteiger partial charge in [0.05, 0.1) is 10.7 Å². The molecule has 14 heavy (non-hydrogen) atoms. The van der Waals surface area contributed by atoms with Gasteiger partial charge in [-0.25, -0.2) is 0 Å². The first kappa shape index (κ1) is 9.85. The first-order valence-corrected chi connectivity index (χ1v) is 5.75. The number of anilines is 1. The summed E-state index contributed by atoms with van der Waals surface area (Å²) < 4.78 is 0. The summed E-state index contributed by atoms with van der Waals surface area (Å²) in [5, 5.41) is 4.35. The molecule has 1 nitrogen and oxygen atoms in total. The molecule has 1 fully saturated rings. The maximum absolute atomic E-state index is 6.08. The highest BCUT2D eigenvalue weighted by Crippen LogP contribution is 2.26. The van der Waals surface area contributed by atoms with Crippen molar-refractivity contribution < 1.29 is 0 Å². The molecule has 2 heteroatoms. The van der Waals surface area contributed by atoms with Crippen LogP contribution in [0.15, 0.2) is 24.3 Å². The fourth-order valence-electron chi connectivity index (χ4n) is 2.05. The molecule has 0 saturated heterocycles. The van der Waals surface area contributed by atoms with Crippen LogP contribution in [-0.2, 0) is 0 Å². The number of nitrogens with one attached hydrogen (secondary N) is 1. The molecule has 0 aromatic heterocycles. The van der Waals surface area contributed by atoms with Gasteiger partial charge in [0.25, 0.3) is 0 Å². The van der Waals surface area contributed by atoms with Gasteiger partial charge in [-0.2, -0.15) is 0 Å². The minimum absolute atomic E-state index is 0.628. The third-order valence-electron chi connectivity index (χ3n) is 2.84. The topological polar surface area (TPSA) is 12.0 Å². The van der Waals surface area contributed by atoms with E-state index < -0.39 is 0 Å². The number of halogens is 1. The Hall–Kier alpha value is -0.690. The van der Waals surface area contributed by atoms with E-state index in [1.807, 2.05) is 18.2 Å². The highest BCUT2D eigenvalue weighted by atomic mass is 35.5. The molecule has 0 atom stereocenters. The van der Waals surface area contributed by atoms with Crippen molar-refractivity contribution in [1.82, 2.24) is 0 Å². The fourth-order valence-corrected chi connectivity index (χ4v) is 2.24. The van der Waals surface area contributed by atoms with E-state index in [1.54, 1.807) is 0 Å². The average molecular weight is 210 g/mol. The Kier molecular flexibility index (Phi) is 3.30. The lowest BCUT2D eigenvalue weighted by Crippen LogP contribution is -2.22. The van der Waals surface area contributed by atoms with E-state index >= 15 is 0 Å². The quantitative estimate of drug-likeness (QED) is 0.774. The van der Waals surface area contributed by atoms with Crippen LogP contribution in [0.5, 0.6) is 0 Å². The van der Waals surface area contributed by atoms with E-state index in [2.05, 4.69) is 11.4 Å². The summed E-state index contributed by atoms with van der Waals surface area (Å²) in [7, 11) is 0. The molecule has 0 bridgehead atoms. The number of para-hydroxylation sites is 1. The molecule has 1 N–H and O–H groups in total. The molecule has 0 unspecified atom stereocenters. The molecule has 2 rings (SSSR count). The van der Waals surface area contributed by atoms with E-state index in [0.717, 1.165) is 10.7 Å². The minimum Gasteiger partial charge on any atom is -0.381 e. The molecule has 1 aliphatic rings. The number of rotatable bonds is 2. The Morgan fingerprint density at radius 1 is 1.07 bits per heavy atom. The number of hydrogen-bond donors (Lipinski definition) is 1. The Labute approximate surface area is 90.5 Å². The van der Waals surface area contributed by atoms with Gasteiger partial charge in [0.15, 0.2) is 0 Å². The molecule has 0 heterocycles. The zero-order valence-corrected chi connectivity index (χ0v) is 9.06. The molecule has 1 aromatic carbocycles. The summed E-state index contributed by atoms with van der Waals surface area (Å²) in [6, 6.07) is 8.61. The van der Waals surface area contributed by atoms with Gasteiger partial charge in [0.2, 0.25) is 0 Å². The van der Waals surface area contributed by atoms with E-state index in [-0.39, 0.29) is 0 Å². The monoisotopic (exact) mass is 209 g/mol. The average Bonchev–Trinajstić information content (AvgIpc) is 2.23. The standard InChI is InChI=1S/C12H16ClN/c13-11-8-4-5-9-12(11)14-10-6-2-1-3-7-10/h4-5,8-10,14H,1-3,6-7H2. The van der Waals surface area contributed by atoms with Crippen LogP contribution in [0.2, 0.25) is 5.02 Å². The summed E-state index contributed by atoms with van der Waals surface area (Å²) in [5.41, 5.74) is 1.08. The van der Waals surface area contributed by atoms with Crippen molar-refractivity contribution in [1.29, 1.82) is 0 Å². The van der Waals surface area contributed by atoms with Crippen LogP contribution in [0, 0.1) is 0 Å². The highest BCUT2D eigenvalue weighted by Gasteiger charge is 2.13. The van der Waals surface area contributed by atoms with Gasteiger partial charge in [-0.05, 0) is 25.0 Å². The van der Waals surface area contributed by atoms with Gasteiger partial charge in [0.1, 0.15) is 0 Å². The van der Waals surface area contributed by atoms with E-state index in [0.29, 0.717) is 6.04 Å². The zero-order valence-electron chi connectivity index (χ0n) is 8.30. The highest BCUT2D eigenvalue weighted by molar-refractivity contribution is 6.33. The lowest BCUT2D eigenvalue weighted by atomic mass is 9.95.